The lowest BCUT2D eigenvalue weighted by Crippen LogP contribution is -2.36. The van der Waals surface area contributed by atoms with E-state index in [0.29, 0.717) is 12.4 Å². The highest BCUT2D eigenvalue weighted by Gasteiger charge is 2.21. The number of nitrogens with zero attached hydrogens (tertiary/aromatic N) is 3. The summed E-state index contributed by atoms with van der Waals surface area (Å²) in [4.78, 5) is 19.6. The largest absolute Gasteiger partial charge is 0.468 e. The monoisotopic (exact) mass is 371 g/mol. The zero-order valence-corrected chi connectivity index (χ0v) is 16.2. The Kier molecular flexibility index (Phi) is 5.62. The van der Waals surface area contributed by atoms with Crippen LogP contribution in [0.15, 0.2) is 18.2 Å². The van der Waals surface area contributed by atoms with Gasteiger partial charge in [0, 0.05) is 25.2 Å². The molecule has 1 saturated carbocycles. The van der Waals surface area contributed by atoms with Gasteiger partial charge in [-0.15, -0.1) is 0 Å². The van der Waals surface area contributed by atoms with Gasteiger partial charge in [0.25, 0.3) is 0 Å². The second-order valence-electron chi connectivity index (χ2n) is 7.64. The number of imidazole rings is 1. The molecule has 2 heterocycles. The number of aromatic nitrogens is 2. The lowest BCUT2D eigenvalue weighted by Gasteiger charge is -2.28. The highest BCUT2D eigenvalue weighted by atomic mass is 16.5. The number of fused-ring (bicyclic) bond motifs is 1. The van der Waals surface area contributed by atoms with Crippen LogP contribution >= 0.6 is 0 Å². The van der Waals surface area contributed by atoms with Crippen molar-refractivity contribution in [3.05, 3.63) is 18.2 Å². The van der Waals surface area contributed by atoms with Crippen molar-refractivity contribution in [1.29, 1.82) is 0 Å². The molecule has 2 aliphatic rings. The number of rotatable bonds is 8. The van der Waals surface area contributed by atoms with Crippen LogP contribution in [-0.2, 0) is 4.74 Å². The van der Waals surface area contributed by atoms with Crippen molar-refractivity contribution < 1.29 is 14.3 Å². The Labute approximate surface area is 160 Å². The van der Waals surface area contributed by atoms with Gasteiger partial charge >= 0.3 is 6.01 Å². The minimum atomic E-state index is 0.0693. The van der Waals surface area contributed by atoms with Crippen LogP contribution in [0.1, 0.15) is 49.7 Å². The molecule has 1 aliphatic heterocycles. The SMILES string of the molecule is COc1nc2cc(N3CCOCC3)ccc2n1C(=O)CCCCCC1CC1. The van der Waals surface area contributed by atoms with E-state index in [1.807, 2.05) is 12.1 Å². The van der Waals surface area contributed by atoms with Gasteiger partial charge in [-0.05, 0) is 30.5 Å². The predicted molar refractivity (Wildman–Crippen MR) is 106 cm³/mol. The van der Waals surface area contributed by atoms with E-state index in [0.717, 1.165) is 61.8 Å². The minimum absolute atomic E-state index is 0.0693. The summed E-state index contributed by atoms with van der Waals surface area (Å²) in [5.41, 5.74) is 2.75. The number of methoxy groups -OCH3 is 1. The van der Waals surface area contributed by atoms with E-state index in [9.17, 15) is 4.79 Å². The Hall–Kier alpha value is -2.08. The van der Waals surface area contributed by atoms with E-state index in [4.69, 9.17) is 9.47 Å². The van der Waals surface area contributed by atoms with Crippen molar-refractivity contribution in [2.45, 2.75) is 44.9 Å². The van der Waals surface area contributed by atoms with E-state index >= 15 is 0 Å². The number of benzene rings is 1. The summed E-state index contributed by atoms with van der Waals surface area (Å²) in [6.07, 6.45) is 7.97. The molecular formula is C21H29N3O3. The van der Waals surface area contributed by atoms with Crippen LogP contribution in [0.5, 0.6) is 6.01 Å². The zero-order chi connectivity index (χ0) is 18.6. The highest BCUT2D eigenvalue weighted by molar-refractivity contribution is 5.93. The number of carbonyl (C=O) groups is 1. The van der Waals surface area contributed by atoms with Crippen LogP contribution < -0.4 is 9.64 Å². The van der Waals surface area contributed by atoms with Crippen molar-refractivity contribution in [2.24, 2.45) is 5.92 Å². The Balaban J connectivity index is 1.46. The van der Waals surface area contributed by atoms with Gasteiger partial charge in [-0.25, -0.2) is 4.57 Å². The molecule has 4 rings (SSSR count). The first-order valence-corrected chi connectivity index (χ1v) is 10.2. The molecule has 2 fully saturated rings. The molecule has 1 aromatic carbocycles. The third kappa shape index (κ3) is 4.26. The first-order valence-electron chi connectivity index (χ1n) is 10.2. The highest BCUT2D eigenvalue weighted by Crippen LogP contribution is 2.34. The van der Waals surface area contributed by atoms with Crippen molar-refractivity contribution in [3.63, 3.8) is 0 Å². The number of morpholine rings is 1. The fourth-order valence-corrected chi connectivity index (χ4v) is 3.85. The molecule has 146 valence electrons. The second-order valence-corrected chi connectivity index (χ2v) is 7.64. The Bertz CT molecular complexity index is 791. The van der Waals surface area contributed by atoms with Crippen molar-refractivity contribution >= 4 is 22.6 Å². The van der Waals surface area contributed by atoms with Gasteiger partial charge < -0.3 is 14.4 Å². The van der Waals surface area contributed by atoms with Crippen LogP contribution in [0.2, 0.25) is 0 Å². The molecule has 1 saturated heterocycles. The number of carbonyl (C=O) groups excluding carboxylic acids is 1. The molecular weight excluding hydrogens is 342 g/mol. The van der Waals surface area contributed by atoms with Crippen molar-refractivity contribution in [3.8, 4) is 6.01 Å². The van der Waals surface area contributed by atoms with Crippen LogP contribution in [-0.4, -0.2) is 48.9 Å². The maximum Gasteiger partial charge on any atom is 0.304 e. The molecule has 1 aliphatic carbocycles. The summed E-state index contributed by atoms with van der Waals surface area (Å²) in [6.45, 7) is 3.25. The molecule has 0 spiro atoms. The number of hydrogen-bond donors (Lipinski definition) is 0. The Morgan fingerprint density at radius 1 is 1.22 bits per heavy atom. The average Bonchev–Trinajstić information content (AvgIpc) is 3.45. The van der Waals surface area contributed by atoms with Gasteiger partial charge in [-0.2, -0.15) is 4.98 Å². The smallest absolute Gasteiger partial charge is 0.304 e. The molecule has 0 unspecified atom stereocenters. The molecule has 27 heavy (non-hydrogen) atoms. The average molecular weight is 371 g/mol. The first kappa shape index (κ1) is 18.3. The van der Waals surface area contributed by atoms with Crippen LogP contribution in [0, 0.1) is 5.92 Å². The van der Waals surface area contributed by atoms with E-state index < -0.39 is 0 Å². The maximum absolute atomic E-state index is 12.8. The summed E-state index contributed by atoms with van der Waals surface area (Å²) < 4.78 is 12.5. The standard InChI is InChI=1S/C21H29N3O3/c1-26-21-22-18-15-17(23-11-13-27-14-12-23)9-10-19(18)24(21)20(25)6-4-2-3-5-16-7-8-16/h9-10,15-16H,2-8,11-14H2,1H3. The minimum Gasteiger partial charge on any atom is -0.468 e. The zero-order valence-electron chi connectivity index (χ0n) is 16.2. The molecule has 2 aromatic rings. The van der Waals surface area contributed by atoms with Gasteiger partial charge in [-0.1, -0.05) is 32.1 Å². The molecule has 0 radical (unpaired) electrons. The van der Waals surface area contributed by atoms with E-state index in [1.54, 1.807) is 11.7 Å². The maximum atomic E-state index is 12.8. The Morgan fingerprint density at radius 2 is 2.04 bits per heavy atom. The lowest BCUT2D eigenvalue weighted by molar-refractivity contribution is 0.0893. The Morgan fingerprint density at radius 3 is 2.78 bits per heavy atom. The number of ether oxygens (including phenoxy) is 2. The fourth-order valence-electron chi connectivity index (χ4n) is 3.85. The van der Waals surface area contributed by atoms with Gasteiger partial charge in [0.15, 0.2) is 0 Å². The van der Waals surface area contributed by atoms with Crippen LogP contribution in [0.4, 0.5) is 5.69 Å². The van der Waals surface area contributed by atoms with Crippen LogP contribution in [0.25, 0.3) is 11.0 Å². The molecule has 0 atom stereocenters. The molecule has 0 amide bonds. The van der Waals surface area contributed by atoms with E-state index in [1.165, 1.54) is 25.7 Å². The predicted octanol–water partition coefficient (Wildman–Crippen LogP) is 3.88. The summed E-state index contributed by atoms with van der Waals surface area (Å²) in [5.74, 6) is 1.04. The molecule has 0 bridgehead atoms. The normalized spacial score (nSPS) is 17.4. The number of anilines is 1. The van der Waals surface area contributed by atoms with Gasteiger partial charge in [0.05, 0.1) is 31.4 Å². The third-order valence-corrected chi connectivity index (χ3v) is 5.62. The molecule has 6 heteroatoms. The van der Waals surface area contributed by atoms with E-state index in [2.05, 4.69) is 16.0 Å². The van der Waals surface area contributed by atoms with Crippen molar-refractivity contribution in [2.75, 3.05) is 38.3 Å². The van der Waals surface area contributed by atoms with Gasteiger partial charge in [0.1, 0.15) is 0 Å². The molecule has 0 N–H and O–H groups in total. The summed E-state index contributed by atoms with van der Waals surface area (Å²) in [7, 11) is 1.57. The molecule has 1 aromatic heterocycles. The lowest BCUT2D eigenvalue weighted by atomic mass is 10.1. The second kappa shape index (κ2) is 8.30. The van der Waals surface area contributed by atoms with Gasteiger partial charge in [0.2, 0.25) is 5.91 Å². The summed E-state index contributed by atoms with van der Waals surface area (Å²) in [6, 6.07) is 6.48. The van der Waals surface area contributed by atoms with Crippen molar-refractivity contribution in [1.82, 2.24) is 9.55 Å². The quantitative estimate of drug-likeness (QED) is 0.659. The molecule has 6 nitrogen and oxygen atoms in total. The summed E-state index contributed by atoms with van der Waals surface area (Å²) in [5, 5.41) is 0. The first-order chi connectivity index (χ1) is 13.3. The number of hydrogen-bond acceptors (Lipinski definition) is 5. The fraction of sp³-hybridized carbons (Fsp3) is 0.619. The topological polar surface area (TPSA) is 56.6 Å². The van der Waals surface area contributed by atoms with E-state index in [-0.39, 0.29) is 5.91 Å². The third-order valence-electron chi connectivity index (χ3n) is 5.62. The van der Waals surface area contributed by atoms with Gasteiger partial charge in [-0.3, -0.25) is 4.79 Å². The number of unbranched alkanes of at least 4 members (excludes halogenated alkanes) is 2. The summed E-state index contributed by atoms with van der Waals surface area (Å²) >= 11 is 0. The van der Waals surface area contributed by atoms with Crippen LogP contribution in [0.3, 0.4) is 0 Å².